The van der Waals surface area contributed by atoms with Gasteiger partial charge in [0.25, 0.3) is 0 Å². The van der Waals surface area contributed by atoms with Gasteiger partial charge in [0.05, 0.1) is 12.5 Å². The molecule has 2 fully saturated rings. The van der Waals surface area contributed by atoms with Crippen molar-refractivity contribution in [1.29, 1.82) is 0 Å². The highest BCUT2D eigenvalue weighted by atomic mass is 16.5. The molecular formula is C16H25N3O3. The number of piperidine rings is 1. The molecule has 1 aromatic rings. The van der Waals surface area contributed by atoms with Crippen molar-refractivity contribution in [1.82, 2.24) is 15.0 Å². The number of hydrogen-bond acceptors (Lipinski definition) is 5. The monoisotopic (exact) mass is 307 g/mol. The number of hydrogen-bond donors (Lipinski definition) is 0. The van der Waals surface area contributed by atoms with E-state index >= 15 is 0 Å². The second-order valence-corrected chi connectivity index (χ2v) is 6.66. The fourth-order valence-electron chi connectivity index (χ4n) is 3.19. The zero-order valence-corrected chi connectivity index (χ0v) is 13.5. The summed E-state index contributed by atoms with van der Waals surface area (Å²) in [4.78, 5) is 18.9. The Morgan fingerprint density at radius 3 is 2.91 bits per heavy atom. The molecule has 3 rings (SSSR count). The summed E-state index contributed by atoms with van der Waals surface area (Å²) in [6.45, 7) is 6.40. The number of amides is 1. The van der Waals surface area contributed by atoms with Crippen LogP contribution in [0.25, 0.3) is 0 Å². The van der Waals surface area contributed by atoms with Gasteiger partial charge in [-0.1, -0.05) is 19.0 Å². The van der Waals surface area contributed by atoms with Gasteiger partial charge in [-0.25, -0.2) is 0 Å². The number of carbonyl (C=O) groups excluding carboxylic acids is 1. The average Bonchev–Trinajstić information content (AvgIpc) is 3.18. The highest BCUT2D eigenvalue weighted by Gasteiger charge is 2.30. The van der Waals surface area contributed by atoms with Crippen LogP contribution in [0.2, 0.25) is 0 Å². The third kappa shape index (κ3) is 3.48. The van der Waals surface area contributed by atoms with E-state index in [1.54, 1.807) is 0 Å². The molecule has 22 heavy (non-hydrogen) atoms. The van der Waals surface area contributed by atoms with Gasteiger partial charge >= 0.3 is 0 Å². The molecule has 0 aliphatic carbocycles. The van der Waals surface area contributed by atoms with Crippen LogP contribution in [0.15, 0.2) is 4.52 Å². The van der Waals surface area contributed by atoms with E-state index < -0.39 is 0 Å². The minimum Gasteiger partial charge on any atom is -0.378 e. The molecule has 6 heteroatoms. The zero-order chi connectivity index (χ0) is 15.5. The predicted molar refractivity (Wildman–Crippen MR) is 80.5 cm³/mol. The molecule has 2 unspecified atom stereocenters. The molecule has 3 heterocycles. The lowest BCUT2D eigenvalue weighted by atomic mass is 9.96. The molecule has 2 aliphatic heterocycles. The van der Waals surface area contributed by atoms with E-state index in [1.807, 2.05) is 18.7 Å². The van der Waals surface area contributed by atoms with Gasteiger partial charge in [-0.05, 0) is 25.7 Å². The number of rotatable bonds is 4. The molecule has 2 aliphatic rings. The Hall–Kier alpha value is -1.43. The largest absolute Gasteiger partial charge is 0.378 e. The van der Waals surface area contributed by atoms with Crippen molar-refractivity contribution in [2.75, 3.05) is 19.7 Å². The third-order valence-corrected chi connectivity index (χ3v) is 4.52. The van der Waals surface area contributed by atoms with Crippen molar-refractivity contribution in [2.24, 2.45) is 0 Å². The average molecular weight is 307 g/mol. The second-order valence-electron chi connectivity index (χ2n) is 6.66. The van der Waals surface area contributed by atoms with Crippen LogP contribution in [0.4, 0.5) is 0 Å². The lowest BCUT2D eigenvalue weighted by molar-refractivity contribution is -0.134. The second kappa shape index (κ2) is 6.77. The number of ether oxygens (including phenoxy) is 1. The van der Waals surface area contributed by atoms with Crippen molar-refractivity contribution in [2.45, 2.75) is 63.9 Å². The molecule has 0 radical (unpaired) electrons. The Bertz CT molecular complexity index is 508. The first-order valence-electron chi connectivity index (χ1n) is 8.36. The van der Waals surface area contributed by atoms with Crippen molar-refractivity contribution in [3.8, 4) is 0 Å². The molecule has 0 aromatic carbocycles. The van der Waals surface area contributed by atoms with Gasteiger partial charge in [0.2, 0.25) is 11.8 Å². The molecule has 2 atom stereocenters. The summed E-state index contributed by atoms with van der Waals surface area (Å²) in [6, 6.07) is 0. The van der Waals surface area contributed by atoms with Crippen LogP contribution in [0.1, 0.15) is 69.5 Å². The van der Waals surface area contributed by atoms with Crippen molar-refractivity contribution in [3.63, 3.8) is 0 Å². The fraction of sp³-hybridized carbons (Fsp3) is 0.812. The topological polar surface area (TPSA) is 68.5 Å². The van der Waals surface area contributed by atoms with E-state index in [0.29, 0.717) is 18.9 Å². The first kappa shape index (κ1) is 15.5. The maximum absolute atomic E-state index is 12.4. The Kier molecular flexibility index (Phi) is 4.76. The standard InChI is InChI=1S/C16H25N3O3/c1-11(2)16-17-15(18-22-16)12-5-3-7-19(10-12)14(20)9-13-6-4-8-21-13/h11-13H,3-10H2,1-2H3. The zero-order valence-electron chi connectivity index (χ0n) is 13.5. The van der Waals surface area contributed by atoms with Crippen LogP contribution in [-0.4, -0.2) is 46.7 Å². The Balaban J connectivity index is 1.59. The summed E-state index contributed by atoms with van der Waals surface area (Å²) in [5.41, 5.74) is 0. The van der Waals surface area contributed by atoms with Crippen LogP contribution in [0.3, 0.4) is 0 Å². The predicted octanol–water partition coefficient (Wildman–Crippen LogP) is 2.47. The lowest BCUT2D eigenvalue weighted by Gasteiger charge is -2.32. The molecule has 1 amide bonds. The number of nitrogens with zero attached hydrogens (tertiary/aromatic N) is 3. The van der Waals surface area contributed by atoms with Crippen LogP contribution < -0.4 is 0 Å². The van der Waals surface area contributed by atoms with Gasteiger partial charge in [-0.15, -0.1) is 0 Å². The first-order chi connectivity index (χ1) is 10.6. The normalized spacial score (nSPS) is 25.9. The minimum atomic E-state index is 0.116. The van der Waals surface area contributed by atoms with Gasteiger partial charge in [0, 0.05) is 31.5 Å². The molecule has 0 N–H and O–H groups in total. The Morgan fingerprint density at radius 2 is 2.23 bits per heavy atom. The summed E-state index contributed by atoms with van der Waals surface area (Å²) >= 11 is 0. The van der Waals surface area contributed by atoms with Crippen molar-refractivity contribution in [3.05, 3.63) is 11.7 Å². The van der Waals surface area contributed by atoms with Crippen molar-refractivity contribution < 1.29 is 14.1 Å². The molecule has 0 bridgehead atoms. The van der Waals surface area contributed by atoms with E-state index in [9.17, 15) is 4.79 Å². The van der Waals surface area contributed by atoms with Crippen LogP contribution in [0, 0.1) is 0 Å². The SMILES string of the molecule is CC(C)c1nc(C2CCCN(C(=O)CC3CCCO3)C2)no1. The summed E-state index contributed by atoms with van der Waals surface area (Å²) < 4.78 is 10.9. The van der Waals surface area contributed by atoms with E-state index in [4.69, 9.17) is 9.26 Å². The Morgan fingerprint density at radius 1 is 1.36 bits per heavy atom. The molecule has 122 valence electrons. The molecule has 6 nitrogen and oxygen atoms in total. The minimum absolute atomic E-state index is 0.116. The summed E-state index contributed by atoms with van der Waals surface area (Å²) in [7, 11) is 0. The fourth-order valence-corrected chi connectivity index (χ4v) is 3.19. The van der Waals surface area contributed by atoms with E-state index in [-0.39, 0.29) is 23.8 Å². The van der Waals surface area contributed by atoms with E-state index in [1.165, 1.54) is 0 Å². The summed E-state index contributed by atoms with van der Waals surface area (Å²) in [5.74, 6) is 2.06. The smallest absolute Gasteiger partial charge is 0.229 e. The molecule has 2 saturated heterocycles. The molecule has 1 aromatic heterocycles. The van der Waals surface area contributed by atoms with Gasteiger partial charge in [-0.2, -0.15) is 4.98 Å². The van der Waals surface area contributed by atoms with E-state index in [2.05, 4.69) is 10.1 Å². The van der Waals surface area contributed by atoms with Gasteiger partial charge in [-0.3, -0.25) is 4.79 Å². The number of aromatic nitrogens is 2. The first-order valence-corrected chi connectivity index (χ1v) is 8.36. The highest BCUT2D eigenvalue weighted by molar-refractivity contribution is 5.76. The molecule has 0 saturated carbocycles. The van der Waals surface area contributed by atoms with Crippen molar-refractivity contribution >= 4 is 5.91 Å². The van der Waals surface area contributed by atoms with Crippen LogP contribution in [-0.2, 0) is 9.53 Å². The highest BCUT2D eigenvalue weighted by Crippen LogP contribution is 2.27. The maximum Gasteiger partial charge on any atom is 0.229 e. The Labute approximate surface area is 131 Å². The molecule has 0 spiro atoms. The molecular weight excluding hydrogens is 282 g/mol. The van der Waals surface area contributed by atoms with E-state index in [0.717, 1.165) is 44.7 Å². The lowest BCUT2D eigenvalue weighted by Crippen LogP contribution is -2.40. The summed E-state index contributed by atoms with van der Waals surface area (Å²) in [6.07, 6.45) is 4.71. The number of carbonyl (C=O) groups is 1. The van der Waals surface area contributed by atoms with Gasteiger partial charge in [0.1, 0.15) is 0 Å². The maximum atomic E-state index is 12.4. The summed E-state index contributed by atoms with van der Waals surface area (Å²) in [5, 5.41) is 4.11. The quantitative estimate of drug-likeness (QED) is 0.854. The number of likely N-dealkylation sites (tertiary alicyclic amines) is 1. The van der Waals surface area contributed by atoms with Gasteiger partial charge < -0.3 is 14.2 Å². The van der Waals surface area contributed by atoms with Gasteiger partial charge in [0.15, 0.2) is 5.82 Å². The van der Waals surface area contributed by atoms with Crippen LogP contribution >= 0.6 is 0 Å². The third-order valence-electron chi connectivity index (χ3n) is 4.52. The van der Waals surface area contributed by atoms with Crippen LogP contribution in [0.5, 0.6) is 0 Å².